The zero-order valence-corrected chi connectivity index (χ0v) is 21.6. The maximum atomic E-state index is 12.9. The molecule has 1 saturated heterocycles. The molecule has 0 radical (unpaired) electrons. The predicted octanol–water partition coefficient (Wildman–Crippen LogP) is 5.43. The Labute approximate surface area is 211 Å². The number of nitrogens with zero attached hydrogens (tertiary/aromatic N) is 4. The number of anilines is 1. The quantitative estimate of drug-likeness (QED) is 0.335. The van der Waals surface area contributed by atoms with E-state index in [1.165, 1.54) is 27.9 Å². The fourth-order valence-electron chi connectivity index (χ4n) is 4.57. The van der Waals surface area contributed by atoms with Crippen LogP contribution in [0.25, 0.3) is 11.4 Å². The number of aryl methyl sites for hydroxylation is 2. The topological polar surface area (TPSA) is 92.8 Å². The van der Waals surface area contributed by atoms with Gasteiger partial charge < -0.3 is 10.1 Å². The number of amides is 1. The Morgan fingerprint density at radius 3 is 2.97 bits per heavy atom. The fraction of sp³-hybridized carbons (Fsp3) is 0.500. The standard InChI is InChI=1S/C24H27N5O2S3/c1-15-10-16(13-32-15)22-27-28-24(29(22)12-17-6-5-9-31-17)33-14-21(30)26-23-19(11-25)18-7-3-2-4-8-20(18)34-23/h10,13,17H,2-9,12,14H2,1H3,(H,26,30). The highest BCUT2D eigenvalue weighted by Crippen LogP contribution is 2.37. The lowest BCUT2D eigenvalue weighted by Gasteiger charge is -2.14. The fourth-order valence-corrected chi connectivity index (χ4v) is 7.25. The van der Waals surface area contributed by atoms with E-state index in [1.807, 2.05) is 0 Å². The van der Waals surface area contributed by atoms with E-state index in [-0.39, 0.29) is 17.8 Å². The number of fused-ring (bicyclic) bond motifs is 1. The molecule has 3 aromatic heterocycles. The van der Waals surface area contributed by atoms with Crippen molar-refractivity contribution in [3.63, 3.8) is 0 Å². The van der Waals surface area contributed by atoms with E-state index in [0.29, 0.717) is 22.3 Å². The van der Waals surface area contributed by atoms with Gasteiger partial charge >= 0.3 is 0 Å². The van der Waals surface area contributed by atoms with E-state index in [1.54, 1.807) is 22.7 Å². The molecule has 4 heterocycles. The van der Waals surface area contributed by atoms with Crippen molar-refractivity contribution in [1.29, 1.82) is 5.26 Å². The summed E-state index contributed by atoms with van der Waals surface area (Å²) in [5.74, 6) is 0.897. The first kappa shape index (κ1) is 23.5. The van der Waals surface area contributed by atoms with Gasteiger partial charge in [0.1, 0.15) is 11.1 Å². The molecular formula is C24H27N5O2S3. The Kier molecular flexibility index (Phi) is 7.34. The molecule has 5 rings (SSSR count). The van der Waals surface area contributed by atoms with Gasteiger partial charge in [0.25, 0.3) is 0 Å². The first-order valence-corrected chi connectivity index (χ1v) is 14.4. The highest BCUT2D eigenvalue weighted by atomic mass is 32.2. The molecule has 2 aliphatic rings. The zero-order chi connectivity index (χ0) is 23.5. The number of hydrogen-bond donors (Lipinski definition) is 1. The van der Waals surface area contributed by atoms with Crippen molar-refractivity contribution in [1.82, 2.24) is 14.8 Å². The van der Waals surface area contributed by atoms with Crippen LogP contribution >= 0.6 is 34.4 Å². The molecule has 1 fully saturated rings. The number of ether oxygens (including phenoxy) is 1. The number of thiophene rings is 2. The summed E-state index contributed by atoms with van der Waals surface area (Å²) in [6.07, 6.45) is 7.60. The molecule has 0 spiro atoms. The van der Waals surface area contributed by atoms with Gasteiger partial charge in [-0.2, -0.15) is 5.26 Å². The maximum Gasteiger partial charge on any atom is 0.235 e. The molecule has 34 heavy (non-hydrogen) atoms. The molecule has 1 atom stereocenters. The Morgan fingerprint density at radius 2 is 2.21 bits per heavy atom. The Bertz CT molecular complexity index is 1220. The van der Waals surface area contributed by atoms with Crippen molar-refractivity contribution in [2.45, 2.75) is 69.7 Å². The maximum absolute atomic E-state index is 12.9. The summed E-state index contributed by atoms with van der Waals surface area (Å²) in [6, 6.07) is 4.45. The highest BCUT2D eigenvalue weighted by molar-refractivity contribution is 7.99. The van der Waals surface area contributed by atoms with Crippen LogP contribution in [-0.4, -0.2) is 39.1 Å². The van der Waals surface area contributed by atoms with E-state index >= 15 is 0 Å². The molecule has 178 valence electrons. The normalized spacial score (nSPS) is 17.8. The Balaban J connectivity index is 1.31. The third kappa shape index (κ3) is 5.08. The van der Waals surface area contributed by atoms with E-state index in [0.717, 1.165) is 62.1 Å². The van der Waals surface area contributed by atoms with Crippen molar-refractivity contribution in [3.8, 4) is 17.5 Å². The molecule has 1 unspecified atom stereocenters. The summed E-state index contributed by atoms with van der Waals surface area (Å²) in [6.45, 7) is 3.54. The van der Waals surface area contributed by atoms with Crippen molar-refractivity contribution in [2.24, 2.45) is 0 Å². The number of carbonyl (C=O) groups is 1. The van der Waals surface area contributed by atoms with Crippen LogP contribution in [0, 0.1) is 18.3 Å². The van der Waals surface area contributed by atoms with Gasteiger partial charge in [-0.25, -0.2) is 0 Å². The highest BCUT2D eigenvalue weighted by Gasteiger charge is 2.24. The summed E-state index contributed by atoms with van der Waals surface area (Å²) in [7, 11) is 0. The summed E-state index contributed by atoms with van der Waals surface area (Å²) in [5.41, 5.74) is 2.83. The average molecular weight is 514 g/mol. The van der Waals surface area contributed by atoms with Crippen LogP contribution in [0.1, 0.15) is 53.0 Å². The predicted molar refractivity (Wildman–Crippen MR) is 137 cm³/mol. The SMILES string of the molecule is Cc1cc(-c2nnc(SCC(=O)Nc3sc4c(c3C#N)CCCCC4)n2CC2CCCO2)cs1. The van der Waals surface area contributed by atoms with Crippen molar-refractivity contribution in [3.05, 3.63) is 32.3 Å². The van der Waals surface area contributed by atoms with Gasteiger partial charge in [0, 0.05) is 27.3 Å². The molecule has 3 aromatic rings. The van der Waals surface area contributed by atoms with Crippen LogP contribution in [0.3, 0.4) is 0 Å². The van der Waals surface area contributed by atoms with E-state index in [9.17, 15) is 10.1 Å². The first-order valence-electron chi connectivity index (χ1n) is 11.7. The summed E-state index contributed by atoms with van der Waals surface area (Å²) in [5, 5.41) is 25.1. The summed E-state index contributed by atoms with van der Waals surface area (Å²) >= 11 is 4.63. The molecule has 1 amide bonds. The molecule has 10 heteroatoms. The molecular weight excluding hydrogens is 486 g/mol. The second-order valence-electron chi connectivity index (χ2n) is 8.72. The number of nitrogens with one attached hydrogen (secondary N) is 1. The molecule has 0 bridgehead atoms. The molecule has 1 N–H and O–H groups in total. The minimum absolute atomic E-state index is 0.127. The van der Waals surface area contributed by atoms with Crippen molar-refractivity contribution in [2.75, 3.05) is 17.7 Å². The third-order valence-electron chi connectivity index (χ3n) is 6.23. The number of nitriles is 1. The molecule has 1 aliphatic heterocycles. The summed E-state index contributed by atoms with van der Waals surface area (Å²) in [4.78, 5) is 15.3. The second-order valence-corrected chi connectivity index (χ2v) is 11.9. The number of rotatable bonds is 7. The number of hydrogen-bond acceptors (Lipinski definition) is 8. The lowest BCUT2D eigenvalue weighted by molar-refractivity contribution is -0.113. The lowest BCUT2D eigenvalue weighted by atomic mass is 10.1. The lowest BCUT2D eigenvalue weighted by Crippen LogP contribution is -2.18. The average Bonchev–Trinajstić information content (AvgIpc) is 3.60. The minimum atomic E-state index is -0.127. The molecule has 0 aromatic carbocycles. The largest absolute Gasteiger partial charge is 0.376 e. The van der Waals surface area contributed by atoms with E-state index < -0.39 is 0 Å². The van der Waals surface area contributed by atoms with Crippen LogP contribution in [0.5, 0.6) is 0 Å². The van der Waals surface area contributed by atoms with E-state index in [4.69, 9.17) is 4.74 Å². The van der Waals surface area contributed by atoms with Crippen LogP contribution in [0.15, 0.2) is 16.6 Å². The van der Waals surface area contributed by atoms with Gasteiger partial charge in [-0.3, -0.25) is 9.36 Å². The van der Waals surface area contributed by atoms with Gasteiger partial charge in [0.2, 0.25) is 5.91 Å². The van der Waals surface area contributed by atoms with E-state index in [2.05, 4.69) is 44.5 Å². The van der Waals surface area contributed by atoms with Crippen LogP contribution in [0.2, 0.25) is 0 Å². The third-order valence-corrected chi connectivity index (χ3v) is 9.27. The van der Waals surface area contributed by atoms with Gasteiger partial charge in [0.15, 0.2) is 11.0 Å². The van der Waals surface area contributed by atoms with Gasteiger partial charge in [-0.15, -0.1) is 32.9 Å². The summed E-state index contributed by atoms with van der Waals surface area (Å²) < 4.78 is 7.95. The monoisotopic (exact) mass is 513 g/mol. The Hall–Kier alpha value is -2.19. The smallest absolute Gasteiger partial charge is 0.235 e. The number of carbonyl (C=O) groups excluding carboxylic acids is 1. The zero-order valence-electron chi connectivity index (χ0n) is 19.1. The van der Waals surface area contributed by atoms with Crippen LogP contribution in [0.4, 0.5) is 5.00 Å². The first-order chi connectivity index (χ1) is 16.6. The molecule has 7 nitrogen and oxygen atoms in total. The van der Waals surface area contributed by atoms with Gasteiger partial charge in [-0.05, 0) is 57.1 Å². The second kappa shape index (κ2) is 10.6. The Morgan fingerprint density at radius 1 is 1.32 bits per heavy atom. The van der Waals surface area contributed by atoms with Crippen LogP contribution in [-0.2, 0) is 28.9 Å². The van der Waals surface area contributed by atoms with Gasteiger partial charge in [0.05, 0.1) is 24.0 Å². The number of thioether (sulfide) groups is 1. The van der Waals surface area contributed by atoms with Crippen molar-refractivity contribution < 1.29 is 9.53 Å². The van der Waals surface area contributed by atoms with Crippen molar-refractivity contribution >= 4 is 45.3 Å². The number of aromatic nitrogens is 3. The van der Waals surface area contributed by atoms with Gasteiger partial charge in [-0.1, -0.05) is 18.2 Å². The minimum Gasteiger partial charge on any atom is -0.376 e. The van der Waals surface area contributed by atoms with Crippen LogP contribution < -0.4 is 5.32 Å². The molecule has 1 aliphatic carbocycles. The molecule has 0 saturated carbocycles.